The lowest BCUT2D eigenvalue weighted by atomic mass is 9.85. The van der Waals surface area contributed by atoms with Crippen molar-refractivity contribution in [1.82, 2.24) is 4.98 Å². The molecule has 1 amide bonds. The molecule has 3 N–H and O–H groups in total. The minimum absolute atomic E-state index is 0.0251. The van der Waals surface area contributed by atoms with Gasteiger partial charge in [-0.2, -0.15) is 22.0 Å². The summed E-state index contributed by atoms with van der Waals surface area (Å²) in [7, 11) is 0. The normalized spacial score (nSPS) is 22.2. The number of hydrogen-bond donors (Lipinski definition) is 2. The maximum absolute atomic E-state index is 14.7. The Labute approximate surface area is 167 Å². The van der Waals surface area contributed by atoms with E-state index in [1.165, 1.54) is 12.1 Å². The molecule has 1 spiro atoms. The maximum Gasteiger partial charge on any atom is 0.417 e. The van der Waals surface area contributed by atoms with Gasteiger partial charge in [-0.3, -0.25) is 9.78 Å². The number of aryl methyl sites for hydroxylation is 1. The van der Waals surface area contributed by atoms with Gasteiger partial charge in [-0.05, 0) is 48.2 Å². The van der Waals surface area contributed by atoms with E-state index in [9.17, 15) is 26.7 Å². The lowest BCUT2D eigenvalue weighted by Gasteiger charge is -2.37. The van der Waals surface area contributed by atoms with Gasteiger partial charge in [0.25, 0.3) is 11.9 Å². The van der Waals surface area contributed by atoms with Crippen molar-refractivity contribution in [3.05, 3.63) is 58.9 Å². The van der Waals surface area contributed by atoms with Gasteiger partial charge in [-0.15, -0.1) is 0 Å². The lowest BCUT2D eigenvalue weighted by molar-refractivity contribution is -0.137. The number of benzene rings is 1. The summed E-state index contributed by atoms with van der Waals surface area (Å²) in [6.07, 6.45) is -3.66. The van der Waals surface area contributed by atoms with Crippen molar-refractivity contribution in [2.24, 2.45) is 10.7 Å². The number of halogens is 5. The predicted octanol–water partition coefficient (Wildman–Crippen LogP) is 3.47. The zero-order chi connectivity index (χ0) is 21.7. The second-order valence-electron chi connectivity index (χ2n) is 7.06. The zero-order valence-electron chi connectivity index (χ0n) is 15.3. The van der Waals surface area contributed by atoms with Gasteiger partial charge in [0.2, 0.25) is 0 Å². The van der Waals surface area contributed by atoms with Crippen LogP contribution in [0, 0.1) is 0 Å². The van der Waals surface area contributed by atoms with Gasteiger partial charge in [0.05, 0.1) is 5.56 Å². The van der Waals surface area contributed by atoms with E-state index in [-0.39, 0.29) is 29.4 Å². The fourth-order valence-electron chi connectivity index (χ4n) is 3.68. The van der Waals surface area contributed by atoms with Crippen molar-refractivity contribution in [3.8, 4) is 0 Å². The molecule has 4 rings (SSSR count). The highest BCUT2D eigenvalue weighted by atomic mass is 19.4. The van der Waals surface area contributed by atoms with E-state index in [1.807, 2.05) is 0 Å². The number of pyridine rings is 1. The fraction of sp³-hybridized carbons (Fsp3) is 0.316. The SMILES string of the molecule is NC1=NC2(CCc3ccc(NC(=O)c4ccc(C(F)(F)F)cn4)cc32)C(F)(F)CO1. The van der Waals surface area contributed by atoms with Gasteiger partial charge in [-0.1, -0.05) is 6.07 Å². The van der Waals surface area contributed by atoms with Gasteiger partial charge >= 0.3 is 12.1 Å². The molecule has 11 heteroatoms. The Kier molecular flexibility index (Phi) is 4.44. The van der Waals surface area contributed by atoms with Crippen LogP contribution in [-0.2, 0) is 22.9 Å². The number of amidine groups is 1. The quantitative estimate of drug-likeness (QED) is 0.720. The van der Waals surface area contributed by atoms with Gasteiger partial charge in [0.1, 0.15) is 5.69 Å². The maximum atomic E-state index is 14.7. The van der Waals surface area contributed by atoms with Crippen molar-refractivity contribution in [2.45, 2.75) is 30.5 Å². The van der Waals surface area contributed by atoms with Crippen LogP contribution in [0.15, 0.2) is 41.5 Å². The Balaban J connectivity index is 1.62. The monoisotopic (exact) mass is 426 g/mol. The highest BCUT2D eigenvalue weighted by molar-refractivity contribution is 6.02. The number of alkyl halides is 5. The van der Waals surface area contributed by atoms with E-state index in [1.54, 1.807) is 6.07 Å². The zero-order valence-corrected chi connectivity index (χ0v) is 15.3. The molecule has 0 bridgehead atoms. The molecule has 1 aromatic heterocycles. The van der Waals surface area contributed by atoms with Crippen LogP contribution < -0.4 is 11.1 Å². The molecule has 30 heavy (non-hydrogen) atoms. The number of carbonyl (C=O) groups is 1. The molecule has 1 aliphatic heterocycles. The largest absolute Gasteiger partial charge is 0.459 e. The van der Waals surface area contributed by atoms with Crippen molar-refractivity contribution in [3.63, 3.8) is 0 Å². The second-order valence-corrected chi connectivity index (χ2v) is 7.06. The minimum atomic E-state index is -4.58. The van der Waals surface area contributed by atoms with Crippen molar-refractivity contribution < 1.29 is 31.5 Å². The number of anilines is 1. The van der Waals surface area contributed by atoms with E-state index in [0.29, 0.717) is 18.2 Å². The van der Waals surface area contributed by atoms with Crippen molar-refractivity contribution in [1.29, 1.82) is 0 Å². The van der Waals surface area contributed by atoms with Crippen LogP contribution in [0.3, 0.4) is 0 Å². The molecule has 158 valence electrons. The van der Waals surface area contributed by atoms with Crippen LogP contribution in [0.4, 0.5) is 27.6 Å². The molecule has 6 nitrogen and oxygen atoms in total. The van der Waals surface area contributed by atoms with Crippen molar-refractivity contribution in [2.75, 3.05) is 11.9 Å². The number of aromatic nitrogens is 1. The average Bonchev–Trinajstić information content (AvgIpc) is 3.04. The van der Waals surface area contributed by atoms with E-state index in [2.05, 4.69) is 15.3 Å². The lowest BCUT2D eigenvalue weighted by Crippen LogP contribution is -2.51. The summed E-state index contributed by atoms with van der Waals surface area (Å²) in [5.74, 6) is -4.09. The molecule has 0 radical (unpaired) electrons. The molecule has 2 aromatic rings. The molecule has 1 aliphatic carbocycles. The molecule has 0 fully saturated rings. The van der Waals surface area contributed by atoms with Crippen LogP contribution >= 0.6 is 0 Å². The van der Waals surface area contributed by atoms with E-state index >= 15 is 0 Å². The second kappa shape index (κ2) is 6.64. The predicted molar refractivity (Wildman–Crippen MR) is 96.2 cm³/mol. The van der Waals surface area contributed by atoms with Gasteiger partial charge in [0.15, 0.2) is 12.1 Å². The van der Waals surface area contributed by atoms with Crippen LogP contribution in [0.2, 0.25) is 0 Å². The summed E-state index contributed by atoms with van der Waals surface area (Å²) in [6.45, 7) is -0.909. The Morgan fingerprint density at radius 2 is 1.97 bits per heavy atom. The number of amides is 1. The molecule has 0 saturated carbocycles. The number of rotatable bonds is 2. The van der Waals surface area contributed by atoms with Crippen LogP contribution in [0.5, 0.6) is 0 Å². The molecule has 2 heterocycles. The first-order valence-electron chi connectivity index (χ1n) is 8.86. The number of hydrogen-bond acceptors (Lipinski definition) is 5. The van der Waals surface area contributed by atoms with E-state index in [4.69, 9.17) is 10.5 Å². The molecule has 1 unspecified atom stereocenters. The number of nitrogens with one attached hydrogen (secondary N) is 1. The Morgan fingerprint density at radius 3 is 2.63 bits per heavy atom. The summed E-state index contributed by atoms with van der Waals surface area (Å²) < 4.78 is 72.1. The van der Waals surface area contributed by atoms with Crippen LogP contribution in [-0.4, -0.2) is 29.4 Å². The number of ether oxygens (including phenoxy) is 1. The minimum Gasteiger partial charge on any atom is -0.459 e. The number of fused-ring (bicyclic) bond motifs is 2. The molecule has 1 atom stereocenters. The first kappa shape index (κ1) is 20.0. The molecular formula is C19H15F5N4O2. The summed E-state index contributed by atoms with van der Waals surface area (Å²) in [5.41, 5.74) is 3.44. The topological polar surface area (TPSA) is 89.6 Å². The summed E-state index contributed by atoms with van der Waals surface area (Å²) in [5, 5.41) is 2.47. The smallest absolute Gasteiger partial charge is 0.417 e. The van der Waals surface area contributed by atoms with Crippen LogP contribution in [0.25, 0.3) is 0 Å². The van der Waals surface area contributed by atoms with E-state index in [0.717, 1.165) is 12.1 Å². The standard InChI is InChI=1S/C19H15F5N4O2/c20-18(21)9-30-16(25)28-17(18)6-5-10-1-3-12(7-13(10)17)27-15(29)14-4-2-11(8-26-14)19(22,23)24/h1-4,7-8H,5-6,9H2,(H2,25,28)(H,27,29). The Morgan fingerprint density at radius 1 is 1.20 bits per heavy atom. The number of carbonyl (C=O) groups excluding carboxylic acids is 1. The highest BCUT2D eigenvalue weighted by Gasteiger charge is 2.60. The molecule has 0 saturated heterocycles. The van der Waals surface area contributed by atoms with E-state index < -0.39 is 35.7 Å². The Bertz CT molecular complexity index is 1040. The highest BCUT2D eigenvalue weighted by Crippen LogP contribution is 2.52. The first-order chi connectivity index (χ1) is 14.0. The number of aliphatic imine (C=N–C) groups is 1. The van der Waals surface area contributed by atoms with Gasteiger partial charge in [-0.25, -0.2) is 4.99 Å². The third-order valence-corrected chi connectivity index (χ3v) is 5.20. The summed E-state index contributed by atoms with van der Waals surface area (Å²) in [6, 6.07) is 5.82. The van der Waals surface area contributed by atoms with Crippen molar-refractivity contribution >= 4 is 17.6 Å². The van der Waals surface area contributed by atoms with Crippen LogP contribution in [0.1, 0.15) is 33.6 Å². The summed E-state index contributed by atoms with van der Waals surface area (Å²) in [4.78, 5) is 19.8. The van der Waals surface area contributed by atoms with Gasteiger partial charge in [0, 0.05) is 11.9 Å². The molecule has 1 aromatic carbocycles. The summed E-state index contributed by atoms with van der Waals surface area (Å²) >= 11 is 0. The van der Waals surface area contributed by atoms with Gasteiger partial charge < -0.3 is 15.8 Å². The fourth-order valence-corrected chi connectivity index (χ4v) is 3.68. The third kappa shape index (κ3) is 3.23. The number of nitrogens with two attached hydrogens (primary N) is 1. The third-order valence-electron chi connectivity index (χ3n) is 5.20. The Hall–Kier alpha value is -3.24. The molecular weight excluding hydrogens is 411 g/mol. The average molecular weight is 426 g/mol. The molecule has 2 aliphatic rings. The first-order valence-corrected chi connectivity index (χ1v) is 8.86. The number of nitrogens with zero attached hydrogens (tertiary/aromatic N) is 2.